The zero-order chi connectivity index (χ0) is 13.7. The summed E-state index contributed by atoms with van der Waals surface area (Å²) in [7, 11) is 0. The first-order valence-corrected chi connectivity index (χ1v) is 6.19. The molecule has 0 fully saturated rings. The van der Waals surface area contributed by atoms with Crippen LogP contribution in [0.25, 0.3) is 0 Å². The normalized spacial score (nSPS) is 12.4. The zero-order valence-electron chi connectivity index (χ0n) is 10.9. The lowest BCUT2D eigenvalue weighted by Crippen LogP contribution is -2.26. The first-order valence-electron chi connectivity index (χ1n) is 6.19. The Morgan fingerprint density at radius 2 is 2.05 bits per heavy atom. The molecular formula is C13H18N4O2. The molecule has 0 aliphatic heterocycles. The van der Waals surface area contributed by atoms with Crippen molar-refractivity contribution in [1.29, 1.82) is 0 Å². The van der Waals surface area contributed by atoms with Gasteiger partial charge in [-0.25, -0.2) is 0 Å². The minimum absolute atomic E-state index is 0.0166. The molecule has 6 heteroatoms. The Labute approximate surface area is 111 Å². The Balaban J connectivity index is 2.14. The summed E-state index contributed by atoms with van der Waals surface area (Å²) in [5.41, 5.74) is 6.80. The van der Waals surface area contributed by atoms with Crippen molar-refractivity contribution >= 4 is 6.01 Å². The third kappa shape index (κ3) is 3.52. The number of aromatic nitrogens is 2. The molecule has 1 aromatic carbocycles. The van der Waals surface area contributed by atoms with Gasteiger partial charge in [0, 0.05) is 13.1 Å². The van der Waals surface area contributed by atoms with Gasteiger partial charge < -0.3 is 20.2 Å². The fourth-order valence-electron chi connectivity index (χ4n) is 1.71. The van der Waals surface area contributed by atoms with Crippen LogP contribution in [0.3, 0.4) is 0 Å². The second-order valence-corrected chi connectivity index (χ2v) is 4.34. The van der Waals surface area contributed by atoms with Crippen LogP contribution in [0.5, 0.6) is 0 Å². The van der Waals surface area contributed by atoms with Crippen molar-refractivity contribution in [3.63, 3.8) is 0 Å². The topological polar surface area (TPSA) is 88.4 Å². The molecule has 19 heavy (non-hydrogen) atoms. The number of nitrogens with zero attached hydrogens (tertiary/aromatic N) is 3. The summed E-state index contributed by atoms with van der Waals surface area (Å²) in [4.78, 5) is 1.83. The highest BCUT2D eigenvalue weighted by molar-refractivity contribution is 5.28. The van der Waals surface area contributed by atoms with Gasteiger partial charge in [-0.3, -0.25) is 0 Å². The molecule has 1 atom stereocenters. The van der Waals surface area contributed by atoms with Crippen LogP contribution < -0.4 is 10.6 Å². The molecule has 0 saturated carbocycles. The lowest BCUT2D eigenvalue weighted by atomic mass is 10.2. The molecule has 2 rings (SSSR count). The number of aliphatic hydroxyl groups is 1. The Kier molecular flexibility index (Phi) is 4.48. The molecule has 0 spiro atoms. The summed E-state index contributed by atoms with van der Waals surface area (Å²) in [6.07, 6.45) is 0. The molecular weight excluding hydrogens is 244 g/mol. The van der Waals surface area contributed by atoms with E-state index in [2.05, 4.69) is 10.2 Å². The summed E-state index contributed by atoms with van der Waals surface area (Å²) in [5.74, 6) is 0.394. The standard InChI is InChI=1S/C13H18N4O2/c1-10(14)12-15-16-13(19-12)17(7-8-18)9-11-5-3-2-4-6-11/h2-6,10,18H,7-9,14H2,1H3. The van der Waals surface area contributed by atoms with Crippen molar-refractivity contribution in [3.8, 4) is 0 Å². The number of anilines is 1. The molecule has 1 unspecified atom stereocenters. The smallest absolute Gasteiger partial charge is 0.318 e. The highest BCUT2D eigenvalue weighted by atomic mass is 16.4. The quantitative estimate of drug-likeness (QED) is 0.810. The Morgan fingerprint density at radius 1 is 1.32 bits per heavy atom. The van der Waals surface area contributed by atoms with E-state index in [4.69, 9.17) is 15.3 Å². The maximum atomic E-state index is 9.14. The summed E-state index contributed by atoms with van der Waals surface area (Å²) >= 11 is 0. The second kappa shape index (κ2) is 6.31. The summed E-state index contributed by atoms with van der Waals surface area (Å²) in [6.45, 7) is 2.82. The predicted octanol–water partition coefficient (Wildman–Crippen LogP) is 1.09. The van der Waals surface area contributed by atoms with Gasteiger partial charge in [-0.15, -0.1) is 5.10 Å². The lowest BCUT2D eigenvalue weighted by molar-refractivity contribution is 0.297. The number of hydrogen-bond donors (Lipinski definition) is 2. The van der Waals surface area contributed by atoms with Crippen molar-refractivity contribution in [2.75, 3.05) is 18.1 Å². The number of benzene rings is 1. The molecule has 2 aromatic rings. The molecule has 1 heterocycles. The lowest BCUT2D eigenvalue weighted by Gasteiger charge is -2.18. The Morgan fingerprint density at radius 3 is 2.63 bits per heavy atom. The highest BCUT2D eigenvalue weighted by Crippen LogP contribution is 2.17. The number of nitrogens with two attached hydrogens (primary N) is 1. The summed E-state index contributed by atoms with van der Waals surface area (Å²) in [5, 5.41) is 17.0. The Hall–Kier alpha value is -1.92. The SMILES string of the molecule is CC(N)c1nnc(N(CCO)Cc2ccccc2)o1. The highest BCUT2D eigenvalue weighted by Gasteiger charge is 2.16. The zero-order valence-corrected chi connectivity index (χ0v) is 10.9. The average Bonchev–Trinajstić information content (AvgIpc) is 2.89. The molecule has 0 bridgehead atoms. The maximum absolute atomic E-state index is 9.14. The van der Waals surface area contributed by atoms with E-state index in [1.54, 1.807) is 6.92 Å². The van der Waals surface area contributed by atoms with Gasteiger partial charge in [-0.1, -0.05) is 35.4 Å². The van der Waals surface area contributed by atoms with E-state index >= 15 is 0 Å². The van der Waals surface area contributed by atoms with Crippen molar-refractivity contribution in [2.24, 2.45) is 5.73 Å². The van der Waals surface area contributed by atoms with Gasteiger partial charge in [0.05, 0.1) is 12.6 Å². The second-order valence-electron chi connectivity index (χ2n) is 4.34. The first kappa shape index (κ1) is 13.5. The molecule has 3 N–H and O–H groups in total. The third-order valence-electron chi connectivity index (χ3n) is 2.68. The van der Waals surface area contributed by atoms with E-state index in [-0.39, 0.29) is 12.6 Å². The predicted molar refractivity (Wildman–Crippen MR) is 71.5 cm³/mol. The largest absolute Gasteiger partial charge is 0.406 e. The Bertz CT molecular complexity index is 498. The molecule has 0 aliphatic carbocycles. The minimum Gasteiger partial charge on any atom is -0.406 e. The number of hydrogen-bond acceptors (Lipinski definition) is 6. The van der Waals surface area contributed by atoms with Gasteiger partial charge >= 0.3 is 6.01 Å². The van der Waals surface area contributed by atoms with Crippen molar-refractivity contribution < 1.29 is 9.52 Å². The van der Waals surface area contributed by atoms with E-state index in [9.17, 15) is 0 Å². The van der Waals surface area contributed by atoms with Crippen LogP contribution in [0.15, 0.2) is 34.7 Å². The van der Waals surface area contributed by atoms with Crippen molar-refractivity contribution in [1.82, 2.24) is 10.2 Å². The summed E-state index contributed by atoms with van der Waals surface area (Å²) < 4.78 is 5.50. The van der Waals surface area contributed by atoms with Crippen LogP contribution in [0.4, 0.5) is 6.01 Å². The fourth-order valence-corrected chi connectivity index (χ4v) is 1.71. The van der Waals surface area contributed by atoms with Crippen LogP contribution in [0, 0.1) is 0 Å². The van der Waals surface area contributed by atoms with Crippen LogP contribution in [0.2, 0.25) is 0 Å². The molecule has 1 aromatic heterocycles. The minimum atomic E-state index is -0.297. The van der Waals surface area contributed by atoms with Gasteiger partial charge in [0.1, 0.15) is 0 Å². The van der Waals surface area contributed by atoms with Gasteiger partial charge in [0.25, 0.3) is 0 Å². The molecule has 0 amide bonds. The monoisotopic (exact) mass is 262 g/mol. The van der Waals surface area contributed by atoms with Crippen LogP contribution in [-0.2, 0) is 6.54 Å². The molecule has 0 saturated heterocycles. The fraction of sp³-hybridized carbons (Fsp3) is 0.385. The summed E-state index contributed by atoms with van der Waals surface area (Å²) in [6, 6.07) is 9.99. The maximum Gasteiger partial charge on any atom is 0.318 e. The van der Waals surface area contributed by atoms with E-state index in [0.29, 0.717) is 25.0 Å². The van der Waals surface area contributed by atoms with Crippen molar-refractivity contribution in [2.45, 2.75) is 19.5 Å². The van der Waals surface area contributed by atoms with Crippen LogP contribution in [-0.4, -0.2) is 28.5 Å². The number of rotatable bonds is 6. The molecule has 102 valence electrons. The van der Waals surface area contributed by atoms with E-state index < -0.39 is 0 Å². The van der Waals surface area contributed by atoms with Gasteiger partial charge in [0.15, 0.2) is 0 Å². The van der Waals surface area contributed by atoms with E-state index in [0.717, 1.165) is 5.56 Å². The van der Waals surface area contributed by atoms with Gasteiger partial charge in [0.2, 0.25) is 5.89 Å². The first-order chi connectivity index (χ1) is 9.20. The van der Waals surface area contributed by atoms with Crippen LogP contribution >= 0.6 is 0 Å². The van der Waals surface area contributed by atoms with Crippen molar-refractivity contribution in [3.05, 3.63) is 41.8 Å². The van der Waals surface area contributed by atoms with Gasteiger partial charge in [-0.2, -0.15) is 0 Å². The van der Waals surface area contributed by atoms with E-state index in [1.165, 1.54) is 0 Å². The van der Waals surface area contributed by atoms with Gasteiger partial charge in [-0.05, 0) is 12.5 Å². The van der Waals surface area contributed by atoms with Crippen LogP contribution in [0.1, 0.15) is 24.4 Å². The molecule has 0 aliphatic rings. The third-order valence-corrected chi connectivity index (χ3v) is 2.68. The van der Waals surface area contributed by atoms with E-state index in [1.807, 2.05) is 35.2 Å². The molecule has 0 radical (unpaired) electrons. The molecule has 6 nitrogen and oxygen atoms in total. The average molecular weight is 262 g/mol. The number of aliphatic hydroxyl groups excluding tert-OH is 1.